The number of thiazole rings is 1. The molecule has 1 aromatic carbocycles. The van der Waals surface area contributed by atoms with Crippen LogP contribution in [0.15, 0.2) is 46.0 Å². The molecular weight excluding hydrogens is 539 g/mol. The second kappa shape index (κ2) is 11.9. The summed E-state index contributed by atoms with van der Waals surface area (Å²) in [7, 11) is 1.32. The van der Waals surface area contributed by atoms with Crippen LogP contribution in [0.1, 0.15) is 43.3 Å². The highest BCUT2D eigenvalue weighted by molar-refractivity contribution is 7.11. The number of aliphatic imine (C=N–C) groups is 1. The van der Waals surface area contributed by atoms with Gasteiger partial charge in [0, 0.05) is 58.4 Å². The highest BCUT2D eigenvalue weighted by Crippen LogP contribution is 2.38. The van der Waals surface area contributed by atoms with Crippen molar-refractivity contribution in [2.45, 2.75) is 51.0 Å². The predicted octanol–water partition coefficient (Wildman–Crippen LogP) is 4.31. The zero-order valence-electron chi connectivity index (χ0n) is 20.6. The van der Waals surface area contributed by atoms with Gasteiger partial charge in [-0.1, -0.05) is 29.3 Å². The monoisotopic (exact) mass is 566 g/mol. The topological polar surface area (TPSA) is 113 Å². The van der Waals surface area contributed by atoms with Gasteiger partial charge in [0.2, 0.25) is 0 Å². The number of nitrogens with one attached hydrogen (secondary N) is 1. The lowest BCUT2D eigenvalue weighted by atomic mass is 9.94. The smallest absolute Gasteiger partial charge is 0.338 e. The summed E-state index contributed by atoms with van der Waals surface area (Å²) in [5.41, 5.74) is 1.51. The molecule has 198 valence electrons. The first-order chi connectivity index (χ1) is 17.7. The van der Waals surface area contributed by atoms with Crippen LogP contribution in [0.5, 0.6) is 0 Å². The summed E-state index contributed by atoms with van der Waals surface area (Å²) < 4.78 is 11.2. The summed E-state index contributed by atoms with van der Waals surface area (Å²) >= 11 is 14.1. The van der Waals surface area contributed by atoms with Gasteiger partial charge in [0.05, 0.1) is 24.9 Å². The second-order valence-corrected chi connectivity index (χ2v) is 10.7. The molecule has 9 nitrogen and oxygen atoms in total. The number of hydrogen-bond acceptors (Lipinski definition) is 9. The van der Waals surface area contributed by atoms with Gasteiger partial charge in [-0.25, -0.2) is 9.78 Å². The third-order valence-corrected chi connectivity index (χ3v) is 7.73. The van der Waals surface area contributed by atoms with Crippen LogP contribution in [0.2, 0.25) is 10.0 Å². The van der Waals surface area contributed by atoms with Crippen molar-refractivity contribution >= 4 is 52.3 Å². The van der Waals surface area contributed by atoms with Crippen LogP contribution in [0.3, 0.4) is 0 Å². The Labute approximate surface area is 229 Å². The summed E-state index contributed by atoms with van der Waals surface area (Å²) in [6, 6.07) is 4.13. The van der Waals surface area contributed by atoms with Gasteiger partial charge < -0.3 is 19.9 Å². The van der Waals surface area contributed by atoms with Crippen LogP contribution >= 0.6 is 34.5 Å². The molecule has 4 atom stereocenters. The number of aromatic nitrogens is 1. The van der Waals surface area contributed by atoms with Crippen molar-refractivity contribution in [2.75, 3.05) is 20.2 Å². The largest absolute Gasteiger partial charge is 0.481 e. The molecule has 0 aliphatic carbocycles. The first-order valence-electron chi connectivity index (χ1n) is 11.8. The molecule has 1 aromatic heterocycles. The maximum atomic E-state index is 13.2. The van der Waals surface area contributed by atoms with E-state index in [9.17, 15) is 14.7 Å². The molecular formula is C25H28Cl2N4O5S. The Kier molecular flexibility index (Phi) is 8.86. The van der Waals surface area contributed by atoms with Crippen LogP contribution < -0.4 is 5.32 Å². The molecule has 0 saturated carbocycles. The Bertz CT molecular complexity index is 1220. The Balaban J connectivity index is 1.80. The predicted molar refractivity (Wildman–Crippen MR) is 142 cm³/mol. The first kappa shape index (κ1) is 27.5. The van der Waals surface area contributed by atoms with Crippen molar-refractivity contribution in [3.63, 3.8) is 0 Å². The lowest BCUT2D eigenvalue weighted by molar-refractivity contribution is -0.139. The molecule has 0 bridgehead atoms. The van der Waals surface area contributed by atoms with Crippen molar-refractivity contribution in [1.29, 1.82) is 0 Å². The van der Waals surface area contributed by atoms with Gasteiger partial charge in [0.25, 0.3) is 0 Å². The number of methoxy groups -OCH3 is 1. The van der Waals surface area contributed by atoms with E-state index in [2.05, 4.69) is 15.2 Å². The molecule has 0 amide bonds. The van der Waals surface area contributed by atoms with E-state index in [1.54, 1.807) is 24.4 Å². The maximum Gasteiger partial charge on any atom is 0.338 e. The zero-order valence-corrected chi connectivity index (χ0v) is 22.9. The summed E-state index contributed by atoms with van der Waals surface area (Å²) in [6.07, 6.45) is 1.83. The van der Waals surface area contributed by atoms with Crippen LogP contribution in [0, 0.1) is 0 Å². The SMILES string of the molecule is COC(=O)C1=C(CN2CC(C)O[C@@H](C)[C@@H]2CCC(=O)O)NC(c2nccs2)=N[C@H]1c1ccc(Cl)cc1Cl. The van der Waals surface area contributed by atoms with E-state index in [1.165, 1.54) is 18.4 Å². The number of carboxylic acid groups (broad SMARTS) is 1. The van der Waals surface area contributed by atoms with E-state index >= 15 is 0 Å². The standard InChI is InChI=1S/C25H28Cl2N4O5S/c1-13-11-31(19(14(2)36-13)6-7-20(32)33)12-18-21(25(34)35-3)22(16-5-4-15(26)10-17(16)27)30-23(29-18)24-28-8-9-37-24/h4-5,8-10,13-14,19,22H,6-7,11-12H2,1-3H3,(H,29,30)(H,32,33)/t13?,14-,19-,22-/m0/s1. The number of carbonyl (C=O) groups excluding carboxylic acids is 1. The van der Waals surface area contributed by atoms with Crippen molar-refractivity contribution in [3.05, 3.63) is 61.7 Å². The minimum atomic E-state index is -0.869. The summed E-state index contributed by atoms with van der Waals surface area (Å²) in [6.45, 7) is 4.79. The molecule has 2 N–H and O–H groups in total. The zero-order chi connectivity index (χ0) is 26.7. The van der Waals surface area contributed by atoms with Crippen LogP contribution in [0.4, 0.5) is 0 Å². The number of esters is 1. The fraction of sp³-hybridized carbons (Fsp3) is 0.440. The number of carbonyl (C=O) groups is 2. The molecule has 2 aromatic rings. The number of aliphatic carboxylic acids is 1. The number of morpholine rings is 1. The minimum Gasteiger partial charge on any atom is -0.481 e. The van der Waals surface area contributed by atoms with Gasteiger partial charge in [-0.05, 0) is 32.4 Å². The third-order valence-electron chi connectivity index (χ3n) is 6.39. The van der Waals surface area contributed by atoms with Crippen molar-refractivity contribution in [2.24, 2.45) is 4.99 Å². The van der Waals surface area contributed by atoms with Crippen LogP contribution in [-0.2, 0) is 19.1 Å². The molecule has 37 heavy (non-hydrogen) atoms. The van der Waals surface area contributed by atoms with Crippen molar-refractivity contribution in [3.8, 4) is 0 Å². The van der Waals surface area contributed by atoms with E-state index in [0.717, 1.165) is 0 Å². The molecule has 2 aliphatic rings. The van der Waals surface area contributed by atoms with Gasteiger partial charge in [0.15, 0.2) is 10.8 Å². The summed E-state index contributed by atoms with van der Waals surface area (Å²) in [5, 5.41) is 16.0. The fourth-order valence-electron chi connectivity index (χ4n) is 4.80. The van der Waals surface area contributed by atoms with Crippen LogP contribution in [0.25, 0.3) is 0 Å². The Morgan fingerprint density at radius 1 is 1.32 bits per heavy atom. The van der Waals surface area contributed by atoms with E-state index in [-0.39, 0.29) is 24.7 Å². The van der Waals surface area contributed by atoms with E-state index in [1.807, 2.05) is 19.2 Å². The van der Waals surface area contributed by atoms with Gasteiger partial charge >= 0.3 is 11.9 Å². The van der Waals surface area contributed by atoms with E-state index in [4.69, 9.17) is 37.7 Å². The first-order valence-corrected chi connectivity index (χ1v) is 13.4. The summed E-state index contributed by atoms with van der Waals surface area (Å²) in [5.74, 6) is -0.909. The Morgan fingerprint density at radius 2 is 2.11 bits per heavy atom. The van der Waals surface area contributed by atoms with Gasteiger partial charge in [-0.2, -0.15) is 0 Å². The normalized spacial score (nSPS) is 24.4. The molecule has 4 rings (SSSR count). The molecule has 3 heterocycles. The second-order valence-electron chi connectivity index (χ2n) is 8.97. The van der Waals surface area contributed by atoms with Gasteiger partial charge in [0.1, 0.15) is 6.04 Å². The van der Waals surface area contributed by atoms with Crippen molar-refractivity contribution < 1.29 is 24.2 Å². The Morgan fingerprint density at radius 3 is 2.76 bits per heavy atom. The number of ether oxygens (including phenoxy) is 2. The average Bonchev–Trinajstić information content (AvgIpc) is 3.37. The molecule has 0 radical (unpaired) electrons. The summed E-state index contributed by atoms with van der Waals surface area (Å²) in [4.78, 5) is 35.9. The maximum absolute atomic E-state index is 13.2. The van der Waals surface area contributed by atoms with Gasteiger partial charge in [-0.3, -0.25) is 14.7 Å². The third kappa shape index (κ3) is 6.32. The lowest BCUT2D eigenvalue weighted by Crippen LogP contribution is -2.55. The number of carboxylic acids is 1. The number of benzene rings is 1. The van der Waals surface area contributed by atoms with E-state index < -0.39 is 18.0 Å². The quantitative estimate of drug-likeness (QED) is 0.454. The highest BCUT2D eigenvalue weighted by atomic mass is 35.5. The number of halogens is 2. The number of rotatable bonds is 8. The molecule has 2 aliphatic heterocycles. The Hall–Kier alpha value is -2.50. The molecule has 1 unspecified atom stereocenters. The molecule has 1 saturated heterocycles. The van der Waals surface area contributed by atoms with E-state index in [0.29, 0.717) is 57.2 Å². The number of nitrogens with zero attached hydrogens (tertiary/aromatic N) is 3. The highest BCUT2D eigenvalue weighted by Gasteiger charge is 2.38. The lowest BCUT2D eigenvalue weighted by Gasteiger charge is -2.43. The minimum absolute atomic E-state index is 0.00835. The van der Waals surface area contributed by atoms with Crippen LogP contribution in [-0.4, -0.2) is 71.2 Å². The molecule has 1 fully saturated rings. The molecule has 0 spiro atoms. The number of hydrogen-bond donors (Lipinski definition) is 2. The number of amidine groups is 1. The molecule has 12 heteroatoms. The fourth-order valence-corrected chi connectivity index (χ4v) is 5.90. The van der Waals surface area contributed by atoms with Crippen molar-refractivity contribution in [1.82, 2.24) is 15.2 Å². The van der Waals surface area contributed by atoms with Gasteiger partial charge in [-0.15, -0.1) is 11.3 Å². The average molecular weight is 567 g/mol.